The van der Waals surface area contributed by atoms with Gasteiger partial charge in [0.25, 0.3) is 0 Å². The summed E-state index contributed by atoms with van der Waals surface area (Å²) in [4.78, 5) is 12.3. The highest BCUT2D eigenvalue weighted by Gasteiger charge is 2.19. The second-order valence-electron chi connectivity index (χ2n) is 4.81. The molecule has 0 aliphatic heterocycles. The van der Waals surface area contributed by atoms with Crippen molar-refractivity contribution < 1.29 is 9.53 Å². The van der Waals surface area contributed by atoms with Crippen molar-refractivity contribution in [1.82, 2.24) is 0 Å². The van der Waals surface area contributed by atoms with E-state index in [0.717, 1.165) is 5.69 Å². The SMILES string of the molecule is Cc1ccc(N[C@@H](CCS)C(=O)Oc2ccccc2)cc1. The molecule has 1 N–H and O–H groups in total. The van der Waals surface area contributed by atoms with Crippen molar-refractivity contribution in [3.63, 3.8) is 0 Å². The molecular weight excluding hydrogens is 282 g/mol. The zero-order valence-corrected chi connectivity index (χ0v) is 12.8. The Kier molecular flexibility index (Phi) is 5.69. The van der Waals surface area contributed by atoms with Gasteiger partial charge < -0.3 is 10.1 Å². The highest BCUT2D eigenvalue weighted by molar-refractivity contribution is 7.80. The Labute approximate surface area is 130 Å². The molecule has 0 bridgehead atoms. The van der Waals surface area contributed by atoms with E-state index in [1.165, 1.54) is 5.56 Å². The predicted molar refractivity (Wildman–Crippen MR) is 89.1 cm³/mol. The van der Waals surface area contributed by atoms with Crippen LogP contribution < -0.4 is 10.1 Å². The van der Waals surface area contributed by atoms with Crippen LogP contribution >= 0.6 is 12.6 Å². The first-order valence-corrected chi connectivity index (χ1v) is 7.53. The number of hydrogen-bond acceptors (Lipinski definition) is 4. The smallest absolute Gasteiger partial charge is 0.333 e. The Hall–Kier alpha value is -1.94. The highest BCUT2D eigenvalue weighted by atomic mass is 32.1. The lowest BCUT2D eigenvalue weighted by Gasteiger charge is -2.18. The van der Waals surface area contributed by atoms with E-state index in [4.69, 9.17) is 4.74 Å². The van der Waals surface area contributed by atoms with Crippen LogP contribution in [0.3, 0.4) is 0 Å². The molecule has 4 heteroatoms. The summed E-state index contributed by atoms with van der Waals surface area (Å²) in [6, 6.07) is 16.6. The number of thiol groups is 1. The molecule has 21 heavy (non-hydrogen) atoms. The lowest BCUT2D eigenvalue weighted by molar-refractivity contribution is -0.135. The van der Waals surface area contributed by atoms with Gasteiger partial charge in [-0.15, -0.1) is 0 Å². The van der Waals surface area contributed by atoms with Crippen LogP contribution in [0.5, 0.6) is 5.75 Å². The van der Waals surface area contributed by atoms with Gasteiger partial charge >= 0.3 is 5.97 Å². The van der Waals surface area contributed by atoms with Gasteiger partial charge in [-0.1, -0.05) is 35.9 Å². The molecule has 2 aromatic rings. The van der Waals surface area contributed by atoms with Crippen LogP contribution in [0, 0.1) is 6.92 Å². The molecule has 2 rings (SSSR count). The fourth-order valence-corrected chi connectivity index (χ4v) is 2.16. The number of anilines is 1. The van der Waals surface area contributed by atoms with Gasteiger partial charge in [-0.3, -0.25) is 0 Å². The van der Waals surface area contributed by atoms with Gasteiger partial charge in [-0.2, -0.15) is 12.6 Å². The minimum Gasteiger partial charge on any atom is -0.425 e. The highest BCUT2D eigenvalue weighted by Crippen LogP contribution is 2.15. The molecule has 3 nitrogen and oxygen atoms in total. The number of benzene rings is 2. The van der Waals surface area contributed by atoms with Gasteiger partial charge in [0.2, 0.25) is 0 Å². The van der Waals surface area contributed by atoms with Crippen molar-refractivity contribution in [2.45, 2.75) is 19.4 Å². The lowest BCUT2D eigenvalue weighted by atomic mass is 10.2. The van der Waals surface area contributed by atoms with E-state index in [9.17, 15) is 4.79 Å². The molecule has 0 spiro atoms. The molecule has 1 atom stereocenters. The predicted octanol–water partition coefficient (Wildman–Crippen LogP) is 3.70. The number of para-hydroxylation sites is 1. The minimum absolute atomic E-state index is 0.296. The fourth-order valence-electron chi connectivity index (χ4n) is 1.90. The van der Waals surface area contributed by atoms with Gasteiger partial charge in [0, 0.05) is 5.69 Å². The topological polar surface area (TPSA) is 38.3 Å². The van der Waals surface area contributed by atoms with Crippen LogP contribution in [0.25, 0.3) is 0 Å². The standard InChI is InChI=1S/C17H19NO2S/c1-13-7-9-14(10-8-13)18-16(11-12-21)17(19)20-15-5-3-2-4-6-15/h2-10,16,18,21H,11-12H2,1H3/t16-/m0/s1. The number of carbonyl (C=O) groups excluding carboxylic acids is 1. The molecular formula is C17H19NO2S. The van der Waals surface area contributed by atoms with Gasteiger partial charge in [-0.25, -0.2) is 4.79 Å². The number of hydrogen-bond donors (Lipinski definition) is 2. The average molecular weight is 301 g/mol. The third-order valence-corrected chi connectivity index (χ3v) is 3.31. The fraction of sp³-hybridized carbons (Fsp3) is 0.235. The third kappa shape index (κ3) is 4.83. The van der Waals surface area contributed by atoms with Gasteiger partial charge in [0.1, 0.15) is 11.8 Å². The summed E-state index contributed by atoms with van der Waals surface area (Å²) in [7, 11) is 0. The van der Waals surface area contributed by atoms with Crippen LogP contribution in [0.2, 0.25) is 0 Å². The summed E-state index contributed by atoms with van der Waals surface area (Å²) in [5.74, 6) is 0.862. The quantitative estimate of drug-likeness (QED) is 0.485. The van der Waals surface area contributed by atoms with Crippen LogP contribution in [-0.4, -0.2) is 17.8 Å². The Morgan fingerprint density at radius 2 is 1.81 bits per heavy atom. The molecule has 0 saturated heterocycles. The van der Waals surface area contributed by atoms with E-state index in [1.807, 2.05) is 49.4 Å². The molecule has 0 aliphatic rings. The van der Waals surface area contributed by atoms with E-state index in [0.29, 0.717) is 17.9 Å². The summed E-state index contributed by atoms with van der Waals surface area (Å²) in [5.41, 5.74) is 2.08. The van der Waals surface area contributed by atoms with Crippen LogP contribution in [0.4, 0.5) is 5.69 Å². The van der Waals surface area contributed by atoms with Crippen molar-refractivity contribution in [2.75, 3.05) is 11.1 Å². The molecule has 0 unspecified atom stereocenters. The third-order valence-electron chi connectivity index (χ3n) is 3.06. The largest absolute Gasteiger partial charge is 0.425 e. The van der Waals surface area contributed by atoms with Crippen molar-refractivity contribution in [3.8, 4) is 5.75 Å². The van der Waals surface area contributed by atoms with E-state index < -0.39 is 6.04 Å². The van der Waals surface area contributed by atoms with Gasteiger partial charge in [0.05, 0.1) is 0 Å². The summed E-state index contributed by atoms with van der Waals surface area (Å²) >= 11 is 4.22. The molecule has 0 aliphatic carbocycles. The van der Waals surface area contributed by atoms with Crippen LogP contribution in [-0.2, 0) is 4.79 Å². The van der Waals surface area contributed by atoms with Crippen molar-refractivity contribution in [1.29, 1.82) is 0 Å². The zero-order valence-electron chi connectivity index (χ0n) is 12.0. The monoisotopic (exact) mass is 301 g/mol. The van der Waals surface area contributed by atoms with Crippen molar-refractivity contribution >= 4 is 24.3 Å². The minimum atomic E-state index is -0.412. The molecule has 0 amide bonds. The van der Waals surface area contributed by atoms with Crippen LogP contribution in [0.15, 0.2) is 54.6 Å². The molecule has 0 saturated carbocycles. The van der Waals surface area contributed by atoms with Gasteiger partial charge in [0.15, 0.2) is 0 Å². The van der Waals surface area contributed by atoms with Crippen molar-refractivity contribution in [2.24, 2.45) is 0 Å². The molecule has 2 aromatic carbocycles. The summed E-state index contributed by atoms with van der Waals surface area (Å²) in [6.07, 6.45) is 0.600. The lowest BCUT2D eigenvalue weighted by Crippen LogP contribution is -2.33. The van der Waals surface area contributed by atoms with Gasteiger partial charge in [-0.05, 0) is 43.4 Å². The Bertz CT molecular complexity index is 569. The first-order valence-electron chi connectivity index (χ1n) is 6.90. The molecule has 0 fully saturated rings. The van der Waals surface area contributed by atoms with E-state index in [-0.39, 0.29) is 5.97 Å². The normalized spacial score (nSPS) is 11.7. The number of ether oxygens (including phenoxy) is 1. The zero-order chi connectivity index (χ0) is 15.1. The van der Waals surface area contributed by atoms with Crippen LogP contribution in [0.1, 0.15) is 12.0 Å². The second kappa shape index (κ2) is 7.74. The number of esters is 1. The maximum atomic E-state index is 12.3. The van der Waals surface area contributed by atoms with E-state index in [1.54, 1.807) is 12.1 Å². The van der Waals surface area contributed by atoms with Crippen molar-refractivity contribution in [3.05, 3.63) is 60.2 Å². The first kappa shape index (κ1) is 15.4. The molecule has 0 aromatic heterocycles. The number of nitrogens with one attached hydrogen (secondary N) is 1. The Balaban J connectivity index is 2.03. The Morgan fingerprint density at radius 3 is 2.43 bits per heavy atom. The molecule has 110 valence electrons. The molecule has 0 radical (unpaired) electrons. The second-order valence-corrected chi connectivity index (χ2v) is 5.26. The maximum absolute atomic E-state index is 12.3. The number of rotatable bonds is 6. The average Bonchev–Trinajstić information content (AvgIpc) is 2.50. The number of carbonyl (C=O) groups is 1. The maximum Gasteiger partial charge on any atom is 0.333 e. The Morgan fingerprint density at radius 1 is 1.14 bits per heavy atom. The first-order chi connectivity index (χ1) is 10.2. The van der Waals surface area contributed by atoms with E-state index >= 15 is 0 Å². The summed E-state index contributed by atoms with van der Waals surface area (Å²) < 4.78 is 5.39. The van der Waals surface area contributed by atoms with E-state index in [2.05, 4.69) is 17.9 Å². The number of aryl methyl sites for hydroxylation is 1. The molecule has 0 heterocycles. The summed E-state index contributed by atoms with van der Waals surface area (Å²) in [6.45, 7) is 2.03. The summed E-state index contributed by atoms with van der Waals surface area (Å²) in [5, 5.41) is 3.20.